The monoisotopic (exact) mass is 538 g/mol. The highest BCUT2D eigenvalue weighted by molar-refractivity contribution is 14.1. The summed E-state index contributed by atoms with van der Waals surface area (Å²) in [6, 6.07) is 11.5. The molecule has 4 rings (SSSR count). The van der Waals surface area contributed by atoms with E-state index in [4.69, 9.17) is 28.6 Å². The molecule has 1 aliphatic heterocycles. The Morgan fingerprint density at radius 2 is 2.00 bits per heavy atom. The van der Waals surface area contributed by atoms with Crippen molar-refractivity contribution in [3.8, 4) is 5.75 Å². The van der Waals surface area contributed by atoms with Crippen molar-refractivity contribution in [2.45, 2.75) is 25.9 Å². The number of aromatic nitrogens is 2. The molecule has 3 aromatic rings. The van der Waals surface area contributed by atoms with E-state index in [1.54, 1.807) is 7.11 Å². The minimum Gasteiger partial charge on any atom is -0.495 e. The third-order valence-electron chi connectivity index (χ3n) is 5.15. The fraction of sp³-hybridized carbons (Fsp3) is 0.238. The van der Waals surface area contributed by atoms with Gasteiger partial charge in [-0.3, -0.25) is 4.98 Å². The Balaban J connectivity index is 1.89. The van der Waals surface area contributed by atoms with E-state index in [1.165, 1.54) is 9.13 Å². The molecule has 0 amide bonds. The van der Waals surface area contributed by atoms with Gasteiger partial charge in [0, 0.05) is 32.4 Å². The van der Waals surface area contributed by atoms with Crippen molar-refractivity contribution in [3.63, 3.8) is 0 Å². The number of aromatic amines is 1. The first-order valence-electron chi connectivity index (χ1n) is 9.11. The van der Waals surface area contributed by atoms with Gasteiger partial charge in [0.2, 0.25) is 0 Å². The summed E-state index contributed by atoms with van der Waals surface area (Å²) in [6.45, 7) is 4.18. The number of hydrogen-bond acceptors (Lipinski definition) is 3. The fourth-order valence-corrected chi connectivity index (χ4v) is 5.31. The number of benzene rings is 1. The third kappa shape index (κ3) is 3.60. The van der Waals surface area contributed by atoms with Crippen LogP contribution in [0.5, 0.6) is 5.75 Å². The lowest BCUT2D eigenvalue weighted by atomic mass is 9.96. The van der Waals surface area contributed by atoms with E-state index in [-0.39, 0.29) is 12.1 Å². The zero-order valence-corrected chi connectivity index (χ0v) is 19.9. The molecule has 8 heteroatoms. The molecule has 150 valence electrons. The van der Waals surface area contributed by atoms with Gasteiger partial charge in [-0.25, -0.2) is 0 Å². The van der Waals surface area contributed by atoms with E-state index < -0.39 is 0 Å². The van der Waals surface area contributed by atoms with Crippen LogP contribution in [0.15, 0.2) is 42.6 Å². The highest BCUT2D eigenvalue weighted by Crippen LogP contribution is 2.45. The molecule has 2 aromatic heterocycles. The summed E-state index contributed by atoms with van der Waals surface area (Å²) in [5.74, 6) is 0.634. The van der Waals surface area contributed by atoms with Gasteiger partial charge in [0.1, 0.15) is 5.75 Å². The van der Waals surface area contributed by atoms with Gasteiger partial charge in [0.05, 0.1) is 29.9 Å². The van der Waals surface area contributed by atoms with Crippen LogP contribution in [0, 0.1) is 17.4 Å². The topological polar surface area (TPSA) is 53.2 Å². The van der Waals surface area contributed by atoms with Crippen LogP contribution >= 0.6 is 46.4 Å². The van der Waals surface area contributed by atoms with Gasteiger partial charge >= 0.3 is 0 Å². The Morgan fingerprint density at radius 3 is 2.59 bits per heavy atom. The quantitative estimate of drug-likeness (QED) is 0.341. The minimum absolute atomic E-state index is 0.0706. The highest BCUT2D eigenvalue weighted by Gasteiger charge is 2.43. The number of nitrogens with zero attached hydrogens (tertiary/aromatic N) is 2. The largest absolute Gasteiger partial charge is 0.495 e. The van der Waals surface area contributed by atoms with Crippen LogP contribution in [0.25, 0.3) is 0 Å². The van der Waals surface area contributed by atoms with Crippen molar-refractivity contribution in [1.82, 2.24) is 15.3 Å². The first-order valence-corrected chi connectivity index (χ1v) is 11.0. The van der Waals surface area contributed by atoms with Crippen LogP contribution in [0.2, 0.25) is 5.02 Å². The van der Waals surface area contributed by atoms with Gasteiger partial charge in [0.15, 0.2) is 5.11 Å². The lowest BCUT2D eigenvalue weighted by molar-refractivity contribution is 0.415. The summed E-state index contributed by atoms with van der Waals surface area (Å²) in [5.41, 5.74) is 5.32. The molecule has 1 saturated heterocycles. The number of aryl methyl sites for hydroxylation is 2. The molecule has 0 saturated carbocycles. The maximum absolute atomic E-state index is 6.43. The Kier molecular flexibility index (Phi) is 5.72. The first-order chi connectivity index (χ1) is 13.9. The lowest BCUT2D eigenvalue weighted by Gasteiger charge is -2.28. The molecule has 0 bridgehead atoms. The molecule has 29 heavy (non-hydrogen) atoms. The van der Waals surface area contributed by atoms with Crippen LogP contribution in [0.1, 0.15) is 34.7 Å². The smallest absolute Gasteiger partial charge is 0.174 e. The number of nitrogens with one attached hydrogen (secondary N) is 2. The fourth-order valence-electron chi connectivity index (χ4n) is 3.85. The van der Waals surface area contributed by atoms with E-state index in [1.807, 2.05) is 42.6 Å². The number of methoxy groups -OCH3 is 1. The summed E-state index contributed by atoms with van der Waals surface area (Å²) in [5, 5.41) is 4.67. The van der Waals surface area contributed by atoms with Gasteiger partial charge in [0.25, 0.3) is 0 Å². The number of H-pyrrole nitrogens is 1. The van der Waals surface area contributed by atoms with Crippen molar-refractivity contribution >= 4 is 57.2 Å². The Bertz CT molecular complexity index is 1070. The number of halogens is 2. The van der Waals surface area contributed by atoms with Crippen molar-refractivity contribution < 1.29 is 4.74 Å². The molecule has 2 N–H and O–H groups in total. The van der Waals surface area contributed by atoms with E-state index in [0.717, 1.165) is 22.8 Å². The second kappa shape index (κ2) is 8.12. The minimum atomic E-state index is -0.0907. The predicted molar refractivity (Wildman–Crippen MR) is 129 cm³/mol. The van der Waals surface area contributed by atoms with E-state index in [9.17, 15) is 0 Å². The average Bonchev–Trinajstić information content (AvgIpc) is 3.17. The van der Waals surface area contributed by atoms with Crippen molar-refractivity contribution in [3.05, 3.63) is 73.8 Å². The van der Waals surface area contributed by atoms with Crippen LogP contribution in [-0.4, -0.2) is 22.2 Å². The SMILES string of the molecule is COc1ccc(N2C(=S)N[C@H](c3ccccn3)[C@@H]2c2c(C)[nH]c(C)c2I)cc1Cl. The number of ether oxygens (including phenoxy) is 1. The molecule has 0 unspecified atom stereocenters. The maximum Gasteiger partial charge on any atom is 0.174 e. The Morgan fingerprint density at radius 1 is 1.21 bits per heavy atom. The number of thiocarbonyl (C=S) groups is 1. The number of rotatable bonds is 4. The number of hydrogen-bond donors (Lipinski definition) is 2. The van der Waals surface area contributed by atoms with Gasteiger partial charge in [-0.2, -0.15) is 0 Å². The highest BCUT2D eigenvalue weighted by atomic mass is 127. The molecule has 1 aliphatic rings. The van der Waals surface area contributed by atoms with Gasteiger partial charge in [-0.05, 0) is 79.0 Å². The molecular weight excluding hydrogens is 519 g/mol. The molecule has 0 radical (unpaired) electrons. The predicted octanol–water partition coefficient (Wildman–Crippen LogP) is 5.47. The molecule has 2 atom stereocenters. The Labute approximate surface area is 194 Å². The standard InChI is InChI=1S/C21H20ClIN4OS/c1-11-17(18(23)12(2)25-11)20-19(15-6-4-5-9-24-15)26-21(29)27(20)13-7-8-16(28-3)14(22)10-13/h4-10,19-20,25H,1-3H3,(H,26,29)/t19-,20+/m1/s1. The number of pyridine rings is 1. The summed E-state index contributed by atoms with van der Waals surface area (Å²) in [4.78, 5) is 10.2. The lowest BCUT2D eigenvalue weighted by Crippen LogP contribution is -2.29. The summed E-state index contributed by atoms with van der Waals surface area (Å²) >= 11 is 14.6. The molecule has 0 aliphatic carbocycles. The van der Waals surface area contributed by atoms with Gasteiger partial charge in [-0.1, -0.05) is 17.7 Å². The second-order valence-corrected chi connectivity index (χ2v) is 8.79. The molecule has 3 heterocycles. The first kappa shape index (κ1) is 20.4. The van der Waals surface area contributed by atoms with Crippen molar-refractivity contribution in [2.75, 3.05) is 12.0 Å². The average molecular weight is 539 g/mol. The number of anilines is 1. The van der Waals surface area contributed by atoms with Gasteiger partial charge in [-0.15, -0.1) is 0 Å². The zero-order chi connectivity index (χ0) is 20.7. The molecule has 0 spiro atoms. The van der Waals surface area contributed by atoms with Crippen molar-refractivity contribution in [1.29, 1.82) is 0 Å². The van der Waals surface area contributed by atoms with Crippen molar-refractivity contribution in [2.24, 2.45) is 0 Å². The van der Waals surface area contributed by atoms with E-state index >= 15 is 0 Å². The van der Waals surface area contributed by atoms with Crippen LogP contribution in [0.4, 0.5) is 5.69 Å². The van der Waals surface area contributed by atoms with E-state index in [2.05, 4.69) is 56.6 Å². The zero-order valence-electron chi connectivity index (χ0n) is 16.2. The van der Waals surface area contributed by atoms with Gasteiger partial charge < -0.3 is 19.9 Å². The maximum atomic E-state index is 6.43. The van der Waals surface area contributed by atoms with Crippen LogP contribution in [0.3, 0.4) is 0 Å². The second-order valence-electron chi connectivity index (χ2n) is 6.92. The molecular formula is C21H20ClIN4OS. The summed E-state index contributed by atoms with van der Waals surface area (Å²) < 4.78 is 6.51. The van der Waals surface area contributed by atoms with E-state index in [0.29, 0.717) is 15.9 Å². The van der Waals surface area contributed by atoms with Crippen LogP contribution in [-0.2, 0) is 0 Å². The summed E-state index contributed by atoms with van der Waals surface area (Å²) in [6.07, 6.45) is 1.81. The third-order valence-corrected chi connectivity index (χ3v) is 7.15. The molecule has 1 aromatic carbocycles. The Hall–Kier alpha value is -1.84. The normalized spacial score (nSPS) is 18.8. The molecule has 5 nitrogen and oxygen atoms in total. The molecule has 1 fully saturated rings. The summed E-state index contributed by atoms with van der Waals surface area (Å²) in [7, 11) is 1.61. The van der Waals surface area contributed by atoms with Crippen LogP contribution < -0.4 is 15.0 Å².